The number of hydrogen-bond acceptors (Lipinski definition) is 2. The fourth-order valence-electron chi connectivity index (χ4n) is 1.86. The third-order valence-electron chi connectivity index (χ3n) is 3.00. The highest BCUT2D eigenvalue weighted by Gasteiger charge is 2.18. The van der Waals surface area contributed by atoms with Crippen molar-refractivity contribution in [3.8, 4) is 0 Å². The van der Waals surface area contributed by atoms with Crippen LogP contribution < -0.4 is 10.6 Å². The zero-order chi connectivity index (χ0) is 14.5. The quantitative estimate of drug-likeness (QED) is 0.506. The third-order valence-corrected chi connectivity index (χ3v) is 3.00. The average Bonchev–Trinajstić information content (AvgIpc) is 2.37. The normalized spacial score (nSPS) is 11.9. The average molecular weight is 272 g/mol. The third kappa shape index (κ3) is 10.4. The molecule has 0 spiro atoms. The number of hydrogen-bond donors (Lipinski definition) is 3. The smallest absolute Gasteiger partial charge is 0.326 e. The van der Waals surface area contributed by atoms with E-state index in [1.165, 1.54) is 25.7 Å². The molecule has 2 amide bonds. The van der Waals surface area contributed by atoms with Gasteiger partial charge in [-0.25, -0.2) is 9.59 Å². The van der Waals surface area contributed by atoms with Crippen molar-refractivity contribution in [3.05, 3.63) is 0 Å². The Morgan fingerprint density at radius 1 is 1.00 bits per heavy atom. The highest BCUT2D eigenvalue weighted by Crippen LogP contribution is 2.04. The van der Waals surface area contributed by atoms with Crippen molar-refractivity contribution in [2.45, 2.75) is 71.3 Å². The molecule has 0 rings (SSSR count). The second-order valence-corrected chi connectivity index (χ2v) is 4.85. The van der Waals surface area contributed by atoms with Crippen LogP contribution in [-0.4, -0.2) is 29.7 Å². The standard InChI is InChI=1S/C14H28N2O3/c1-3-5-6-7-8-9-11-15-14(19)16-12(10-4-2)13(17)18/h12H,3-11H2,1-2H3,(H,17,18)(H2,15,16,19)/t12-/m0/s1. The molecule has 0 radical (unpaired) electrons. The van der Waals surface area contributed by atoms with Gasteiger partial charge in [0.2, 0.25) is 0 Å². The van der Waals surface area contributed by atoms with Gasteiger partial charge in [-0.05, 0) is 12.8 Å². The minimum absolute atomic E-state index is 0.380. The van der Waals surface area contributed by atoms with Gasteiger partial charge >= 0.3 is 12.0 Å². The number of rotatable bonds is 11. The van der Waals surface area contributed by atoms with E-state index in [-0.39, 0.29) is 6.03 Å². The maximum Gasteiger partial charge on any atom is 0.326 e. The maximum absolute atomic E-state index is 11.5. The van der Waals surface area contributed by atoms with Crippen LogP contribution in [0.25, 0.3) is 0 Å². The van der Waals surface area contributed by atoms with Gasteiger partial charge in [0.05, 0.1) is 0 Å². The Bertz CT molecular complexity index is 257. The molecule has 0 aromatic rings. The van der Waals surface area contributed by atoms with Crippen LogP contribution >= 0.6 is 0 Å². The fraction of sp³-hybridized carbons (Fsp3) is 0.857. The van der Waals surface area contributed by atoms with Crippen molar-refractivity contribution in [1.82, 2.24) is 10.6 Å². The molecule has 3 N–H and O–H groups in total. The van der Waals surface area contributed by atoms with Crippen molar-refractivity contribution in [2.75, 3.05) is 6.54 Å². The van der Waals surface area contributed by atoms with Crippen LogP contribution in [0.4, 0.5) is 4.79 Å². The topological polar surface area (TPSA) is 78.4 Å². The Kier molecular flexibility index (Phi) is 11.0. The van der Waals surface area contributed by atoms with Gasteiger partial charge in [0.15, 0.2) is 0 Å². The minimum atomic E-state index is -0.975. The fourth-order valence-corrected chi connectivity index (χ4v) is 1.86. The molecule has 0 aliphatic heterocycles. The lowest BCUT2D eigenvalue weighted by atomic mass is 10.1. The Hall–Kier alpha value is -1.26. The number of nitrogens with one attached hydrogen (secondary N) is 2. The zero-order valence-electron chi connectivity index (χ0n) is 12.2. The summed E-state index contributed by atoms with van der Waals surface area (Å²) in [7, 11) is 0. The summed E-state index contributed by atoms with van der Waals surface area (Å²) in [4.78, 5) is 22.3. The van der Waals surface area contributed by atoms with E-state index in [4.69, 9.17) is 5.11 Å². The van der Waals surface area contributed by atoms with Gasteiger partial charge in [0.1, 0.15) is 6.04 Å². The lowest BCUT2D eigenvalue weighted by Crippen LogP contribution is -2.46. The monoisotopic (exact) mass is 272 g/mol. The van der Waals surface area contributed by atoms with Gasteiger partial charge in [-0.3, -0.25) is 0 Å². The number of carbonyl (C=O) groups excluding carboxylic acids is 1. The van der Waals surface area contributed by atoms with Crippen LogP contribution in [0.3, 0.4) is 0 Å². The van der Waals surface area contributed by atoms with E-state index >= 15 is 0 Å². The number of carboxylic acids is 1. The van der Waals surface area contributed by atoms with Crippen molar-refractivity contribution in [1.29, 1.82) is 0 Å². The lowest BCUT2D eigenvalue weighted by molar-refractivity contribution is -0.139. The molecular formula is C14H28N2O3. The van der Waals surface area contributed by atoms with E-state index < -0.39 is 12.0 Å². The molecule has 0 aliphatic carbocycles. The Morgan fingerprint density at radius 2 is 1.63 bits per heavy atom. The molecule has 19 heavy (non-hydrogen) atoms. The molecule has 112 valence electrons. The summed E-state index contributed by atoms with van der Waals surface area (Å²) in [5, 5.41) is 14.1. The summed E-state index contributed by atoms with van der Waals surface area (Å²) in [5.41, 5.74) is 0. The van der Waals surface area contributed by atoms with Gasteiger partial charge in [-0.2, -0.15) is 0 Å². The van der Waals surface area contributed by atoms with E-state index in [1.807, 2.05) is 6.92 Å². The van der Waals surface area contributed by atoms with Gasteiger partial charge in [0.25, 0.3) is 0 Å². The van der Waals surface area contributed by atoms with Gasteiger partial charge in [0, 0.05) is 6.54 Å². The number of carboxylic acid groups (broad SMARTS) is 1. The predicted octanol–water partition coefficient (Wildman–Crippen LogP) is 2.90. The summed E-state index contributed by atoms with van der Waals surface area (Å²) in [6.07, 6.45) is 8.19. The molecule has 0 heterocycles. The molecule has 0 saturated heterocycles. The lowest BCUT2D eigenvalue weighted by Gasteiger charge is -2.14. The molecule has 5 nitrogen and oxygen atoms in total. The highest BCUT2D eigenvalue weighted by atomic mass is 16.4. The van der Waals surface area contributed by atoms with Crippen molar-refractivity contribution in [3.63, 3.8) is 0 Å². The molecular weight excluding hydrogens is 244 g/mol. The molecule has 0 aliphatic rings. The number of aliphatic carboxylic acids is 1. The molecule has 0 unspecified atom stereocenters. The van der Waals surface area contributed by atoms with E-state index in [0.29, 0.717) is 13.0 Å². The first-order valence-corrected chi connectivity index (χ1v) is 7.39. The molecule has 0 aromatic heterocycles. The minimum Gasteiger partial charge on any atom is -0.480 e. The number of unbranched alkanes of at least 4 members (excludes halogenated alkanes) is 5. The van der Waals surface area contributed by atoms with Crippen LogP contribution in [-0.2, 0) is 4.79 Å². The summed E-state index contributed by atoms with van der Waals surface area (Å²) in [6, 6.07) is -1.16. The Balaban J connectivity index is 3.60. The summed E-state index contributed by atoms with van der Waals surface area (Å²) in [6.45, 7) is 4.68. The summed E-state index contributed by atoms with van der Waals surface area (Å²) >= 11 is 0. The van der Waals surface area contributed by atoms with E-state index in [1.54, 1.807) is 0 Å². The highest BCUT2D eigenvalue weighted by molar-refractivity contribution is 5.82. The molecule has 0 fully saturated rings. The summed E-state index contributed by atoms with van der Waals surface area (Å²) in [5.74, 6) is -0.975. The number of urea groups is 1. The van der Waals surface area contributed by atoms with Gasteiger partial charge < -0.3 is 15.7 Å². The van der Waals surface area contributed by atoms with Crippen molar-refractivity contribution in [2.24, 2.45) is 0 Å². The maximum atomic E-state index is 11.5. The van der Waals surface area contributed by atoms with Gasteiger partial charge in [-0.1, -0.05) is 52.4 Å². The molecule has 0 bridgehead atoms. The molecule has 0 aromatic carbocycles. The number of amides is 2. The van der Waals surface area contributed by atoms with E-state index in [0.717, 1.165) is 19.3 Å². The first kappa shape index (κ1) is 17.7. The van der Waals surface area contributed by atoms with Crippen LogP contribution in [0.15, 0.2) is 0 Å². The Labute approximate surface area is 116 Å². The van der Waals surface area contributed by atoms with Crippen molar-refractivity contribution < 1.29 is 14.7 Å². The van der Waals surface area contributed by atoms with Crippen LogP contribution in [0.1, 0.15) is 65.2 Å². The van der Waals surface area contributed by atoms with Crippen molar-refractivity contribution >= 4 is 12.0 Å². The van der Waals surface area contributed by atoms with Crippen LogP contribution in [0, 0.1) is 0 Å². The van der Waals surface area contributed by atoms with E-state index in [9.17, 15) is 9.59 Å². The second-order valence-electron chi connectivity index (χ2n) is 4.85. The number of carbonyl (C=O) groups is 2. The largest absolute Gasteiger partial charge is 0.480 e. The van der Waals surface area contributed by atoms with Crippen LogP contribution in [0.2, 0.25) is 0 Å². The SMILES string of the molecule is CCCCCCCCNC(=O)N[C@@H](CCC)C(=O)O. The molecule has 5 heteroatoms. The first-order valence-electron chi connectivity index (χ1n) is 7.39. The second kappa shape index (κ2) is 11.8. The zero-order valence-corrected chi connectivity index (χ0v) is 12.2. The molecule has 0 saturated carbocycles. The first-order chi connectivity index (χ1) is 9.11. The summed E-state index contributed by atoms with van der Waals surface area (Å²) < 4.78 is 0. The Morgan fingerprint density at radius 3 is 2.21 bits per heavy atom. The predicted molar refractivity (Wildman–Crippen MR) is 76.2 cm³/mol. The van der Waals surface area contributed by atoms with E-state index in [2.05, 4.69) is 17.6 Å². The van der Waals surface area contributed by atoms with Crippen LogP contribution in [0.5, 0.6) is 0 Å². The molecule has 1 atom stereocenters. The van der Waals surface area contributed by atoms with Gasteiger partial charge in [-0.15, -0.1) is 0 Å².